The van der Waals surface area contributed by atoms with E-state index in [1.807, 2.05) is 20.9 Å². The Kier molecular flexibility index (Phi) is 7.39. The fourth-order valence-electron chi connectivity index (χ4n) is 1.37. The summed E-state index contributed by atoms with van der Waals surface area (Å²) in [6.45, 7) is 9.85. The third kappa shape index (κ3) is 5.78. The Morgan fingerprint density at radius 1 is 1.27 bits per heavy atom. The van der Waals surface area contributed by atoms with Crippen molar-refractivity contribution in [1.29, 1.82) is 0 Å². The fraction of sp³-hybridized carbons (Fsp3) is 0.917. The summed E-state index contributed by atoms with van der Waals surface area (Å²) in [6, 6.07) is 0.285. The van der Waals surface area contributed by atoms with E-state index in [1.165, 1.54) is 12.8 Å². The first kappa shape index (κ1) is 14.4. The number of nitrogens with one attached hydrogen (secondary N) is 1. The molecular weight excluding hydrogens is 188 g/mol. The topological polar surface area (TPSA) is 32.3 Å². The molecule has 0 heterocycles. The minimum absolute atomic E-state index is 0.177. The number of carbonyl (C=O) groups excluding carboxylic acids is 1. The first-order valence-electron chi connectivity index (χ1n) is 5.99. The summed E-state index contributed by atoms with van der Waals surface area (Å²) in [5.74, 6) is 0.873. The fourth-order valence-corrected chi connectivity index (χ4v) is 1.37. The molecule has 90 valence electrons. The van der Waals surface area contributed by atoms with Crippen LogP contribution in [0.25, 0.3) is 0 Å². The number of likely N-dealkylation sites (N-methyl/N-ethyl adjacent to an activating group) is 1. The predicted octanol–water partition coefficient (Wildman–Crippen LogP) is 1.88. The number of hydrogen-bond donors (Lipinski definition) is 1. The SMILES string of the molecule is CCC(CC)CNCC(=O)N(C)C(C)C. The van der Waals surface area contributed by atoms with Gasteiger partial charge in [-0.2, -0.15) is 0 Å². The third-order valence-corrected chi connectivity index (χ3v) is 3.03. The lowest BCUT2D eigenvalue weighted by molar-refractivity contribution is -0.130. The van der Waals surface area contributed by atoms with Crippen molar-refractivity contribution in [3.8, 4) is 0 Å². The van der Waals surface area contributed by atoms with Gasteiger partial charge in [0, 0.05) is 13.1 Å². The van der Waals surface area contributed by atoms with Gasteiger partial charge in [-0.3, -0.25) is 4.79 Å². The molecule has 0 aliphatic carbocycles. The van der Waals surface area contributed by atoms with Crippen LogP contribution in [0.3, 0.4) is 0 Å². The first-order valence-corrected chi connectivity index (χ1v) is 5.99. The van der Waals surface area contributed by atoms with E-state index in [2.05, 4.69) is 19.2 Å². The molecule has 0 saturated carbocycles. The van der Waals surface area contributed by atoms with Crippen molar-refractivity contribution in [3.63, 3.8) is 0 Å². The molecule has 0 bridgehead atoms. The number of rotatable bonds is 7. The van der Waals surface area contributed by atoms with Crippen LogP contribution in [0, 0.1) is 5.92 Å². The van der Waals surface area contributed by atoms with Crippen LogP contribution >= 0.6 is 0 Å². The van der Waals surface area contributed by atoms with Crippen molar-refractivity contribution >= 4 is 5.91 Å². The van der Waals surface area contributed by atoms with E-state index in [-0.39, 0.29) is 11.9 Å². The molecule has 0 aromatic rings. The highest BCUT2D eigenvalue weighted by Gasteiger charge is 2.11. The molecule has 0 spiro atoms. The second-order valence-corrected chi connectivity index (χ2v) is 4.41. The summed E-state index contributed by atoms with van der Waals surface area (Å²) in [5, 5.41) is 3.23. The summed E-state index contributed by atoms with van der Waals surface area (Å²) in [6.07, 6.45) is 2.36. The third-order valence-electron chi connectivity index (χ3n) is 3.03. The van der Waals surface area contributed by atoms with Gasteiger partial charge in [0.15, 0.2) is 0 Å². The maximum Gasteiger partial charge on any atom is 0.236 e. The van der Waals surface area contributed by atoms with E-state index in [0.29, 0.717) is 12.5 Å². The van der Waals surface area contributed by atoms with Crippen molar-refractivity contribution in [2.24, 2.45) is 5.92 Å². The van der Waals surface area contributed by atoms with E-state index < -0.39 is 0 Å². The average molecular weight is 214 g/mol. The average Bonchev–Trinajstić information content (AvgIpc) is 2.22. The Morgan fingerprint density at radius 3 is 2.20 bits per heavy atom. The molecule has 0 rings (SSSR count). The van der Waals surface area contributed by atoms with Crippen molar-refractivity contribution in [2.45, 2.75) is 46.6 Å². The van der Waals surface area contributed by atoms with Crippen molar-refractivity contribution < 1.29 is 4.79 Å². The number of amides is 1. The Balaban J connectivity index is 3.72. The van der Waals surface area contributed by atoms with Crippen LogP contribution < -0.4 is 5.32 Å². The molecule has 1 amide bonds. The normalized spacial score (nSPS) is 11.1. The van der Waals surface area contributed by atoms with Crippen molar-refractivity contribution in [3.05, 3.63) is 0 Å². The highest BCUT2D eigenvalue weighted by molar-refractivity contribution is 5.78. The van der Waals surface area contributed by atoms with Gasteiger partial charge in [-0.15, -0.1) is 0 Å². The Bertz CT molecular complexity index is 176. The smallest absolute Gasteiger partial charge is 0.236 e. The number of nitrogens with zero attached hydrogens (tertiary/aromatic N) is 1. The second kappa shape index (κ2) is 7.69. The molecule has 0 aromatic heterocycles. The monoisotopic (exact) mass is 214 g/mol. The zero-order valence-electron chi connectivity index (χ0n) is 10.8. The quantitative estimate of drug-likeness (QED) is 0.702. The van der Waals surface area contributed by atoms with E-state index in [9.17, 15) is 4.79 Å². The molecule has 0 aliphatic heterocycles. The number of hydrogen-bond acceptors (Lipinski definition) is 2. The van der Waals surface area contributed by atoms with Crippen molar-refractivity contribution in [1.82, 2.24) is 10.2 Å². The molecule has 0 saturated heterocycles. The van der Waals surface area contributed by atoms with E-state index in [4.69, 9.17) is 0 Å². The molecule has 0 radical (unpaired) electrons. The minimum Gasteiger partial charge on any atom is -0.342 e. The van der Waals surface area contributed by atoms with Gasteiger partial charge in [0.05, 0.1) is 6.54 Å². The standard InChI is InChI=1S/C12H26N2O/c1-6-11(7-2)8-13-9-12(15)14(5)10(3)4/h10-11,13H,6-9H2,1-5H3. The van der Waals surface area contributed by atoms with Crippen LogP contribution in [0.2, 0.25) is 0 Å². The minimum atomic E-state index is 0.177. The zero-order valence-corrected chi connectivity index (χ0v) is 10.8. The first-order chi connectivity index (χ1) is 7.02. The highest BCUT2D eigenvalue weighted by Crippen LogP contribution is 2.04. The van der Waals surface area contributed by atoms with Gasteiger partial charge in [-0.05, 0) is 26.3 Å². The Hall–Kier alpha value is -0.570. The highest BCUT2D eigenvalue weighted by atomic mass is 16.2. The summed E-state index contributed by atoms with van der Waals surface area (Å²) in [4.78, 5) is 13.4. The molecule has 3 nitrogen and oxygen atoms in total. The summed E-state index contributed by atoms with van der Waals surface area (Å²) in [5.41, 5.74) is 0. The van der Waals surface area contributed by atoms with Crippen LogP contribution in [0.5, 0.6) is 0 Å². The van der Waals surface area contributed by atoms with Crippen LogP contribution in [0.15, 0.2) is 0 Å². The van der Waals surface area contributed by atoms with Crippen LogP contribution in [-0.2, 0) is 4.79 Å². The lowest BCUT2D eigenvalue weighted by Gasteiger charge is -2.22. The maximum atomic E-state index is 11.6. The number of carbonyl (C=O) groups is 1. The zero-order chi connectivity index (χ0) is 11.8. The van der Waals surface area contributed by atoms with E-state index >= 15 is 0 Å². The Morgan fingerprint density at radius 2 is 1.80 bits per heavy atom. The molecule has 3 heteroatoms. The molecule has 0 unspecified atom stereocenters. The molecule has 0 atom stereocenters. The van der Waals surface area contributed by atoms with Crippen LogP contribution in [-0.4, -0.2) is 37.0 Å². The molecule has 0 aliphatic rings. The van der Waals surface area contributed by atoms with Gasteiger partial charge in [-0.1, -0.05) is 26.7 Å². The predicted molar refractivity (Wildman–Crippen MR) is 64.8 cm³/mol. The molecule has 1 N–H and O–H groups in total. The van der Waals surface area contributed by atoms with Gasteiger partial charge < -0.3 is 10.2 Å². The molecular formula is C12H26N2O. The summed E-state index contributed by atoms with van der Waals surface area (Å²) < 4.78 is 0. The van der Waals surface area contributed by atoms with Crippen molar-refractivity contribution in [2.75, 3.05) is 20.1 Å². The maximum absolute atomic E-state index is 11.6. The largest absolute Gasteiger partial charge is 0.342 e. The van der Waals surface area contributed by atoms with E-state index in [1.54, 1.807) is 4.90 Å². The van der Waals surface area contributed by atoms with Gasteiger partial charge in [0.1, 0.15) is 0 Å². The summed E-state index contributed by atoms with van der Waals surface area (Å²) in [7, 11) is 1.85. The van der Waals surface area contributed by atoms with Gasteiger partial charge >= 0.3 is 0 Å². The molecule has 0 fully saturated rings. The lowest BCUT2D eigenvalue weighted by atomic mass is 10.0. The molecule has 15 heavy (non-hydrogen) atoms. The lowest BCUT2D eigenvalue weighted by Crippen LogP contribution is -2.40. The van der Waals surface area contributed by atoms with Gasteiger partial charge in [0.25, 0.3) is 0 Å². The van der Waals surface area contributed by atoms with Gasteiger partial charge in [-0.25, -0.2) is 0 Å². The Labute approximate surface area is 94.2 Å². The second-order valence-electron chi connectivity index (χ2n) is 4.41. The van der Waals surface area contributed by atoms with E-state index in [0.717, 1.165) is 6.54 Å². The van der Waals surface area contributed by atoms with Crippen LogP contribution in [0.4, 0.5) is 0 Å². The summed E-state index contributed by atoms with van der Waals surface area (Å²) >= 11 is 0. The van der Waals surface area contributed by atoms with Gasteiger partial charge in [0.2, 0.25) is 5.91 Å². The van der Waals surface area contributed by atoms with Crippen LogP contribution in [0.1, 0.15) is 40.5 Å². The molecule has 0 aromatic carbocycles.